The second-order valence-corrected chi connectivity index (χ2v) is 12.7. The topological polar surface area (TPSA) is 83.1 Å². The number of halogens is 3. The Morgan fingerprint density at radius 3 is 2.50 bits per heavy atom. The van der Waals surface area contributed by atoms with E-state index in [9.17, 15) is 18.0 Å². The van der Waals surface area contributed by atoms with Crippen molar-refractivity contribution < 1.29 is 27.4 Å². The number of methoxy groups -OCH3 is 1. The van der Waals surface area contributed by atoms with Crippen LogP contribution in [-0.2, 0) is 34.0 Å². The van der Waals surface area contributed by atoms with Crippen LogP contribution in [0.4, 0.5) is 36.2 Å². The molecule has 0 spiro atoms. The van der Waals surface area contributed by atoms with Gasteiger partial charge in [0.05, 0.1) is 29.5 Å². The molecule has 0 aliphatic carbocycles. The van der Waals surface area contributed by atoms with E-state index in [1.807, 2.05) is 50.2 Å². The second-order valence-electron chi connectivity index (χ2n) is 12.7. The molecular weight excluding hydrogens is 597 g/mol. The number of aromatic nitrogens is 2. The summed E-state index contributed by atoms with van der Waals surface area (Å²) >= 11 is 0. The van der Waals surface area contributed by atoms with E-state index in [2.05, 4.69) is 25.1 Å². The number of carbonyl (C=O) groups excluding carboxylic acids is 1. The van der Waals surface area contributed by atoms with E-state index in [0.717, 1.165) is 80.9 Å². The molecule has 0 unspecified atom stereocenters. The molecule has 2 aromatic carbocycles. The first kappa shape index (κ1) is 32.1. The Balaban J connectivity index is 1.19. The van der Waals surface area contributed by atoms with Crippen molar-refractivity contribution >= 4 is 28.9 Å². The molecule has 2 saturated heterocycles. The molecule has 9 nitrogen and oxygen atoms in total. The molecule has 246 valence electrons. The van der Waals surface area contributed by atoms with E-state index in [4.69, 9.17) is 9.47 Å². The number of hydrogen-bond donors (Lipinski definition) is 1. The van der Waals surface area contributed by atoms with Gasteiger partial charge in [-0.05, 0) is 68.9 Å². The summed E-state index contributed by atoms with van der Waals surface area (Å²) in [6.07, 6.45) is -1.32. The van der Waals surface area contributed by atoms with E-state index in [-0.39, 0.29) is 30.4 Å². The van der Waals surface area contributed by atoms with Crippen LogP contribution in [0.1, 0.15) is 49.1 Å². The molecule has 0 atom stereocenters. The number of benzene rings is 2. The molecule has 2 fully saturated rings. The molecule has 1 N–H and O–H groups in total. The van der Waals surface area contributed by atoms with Crippen LogP contribution in [0.15, 0.2) is 42.6 Å². The number of rotatable bonds is 8. The minimum absolute atomic E-state index is 0.0203. The molecule has 3 aliphatic heterocycles. The number of carbonyl (C=O) groups is 1. The maximum Gasteiger partial charge on any atom is 0.419 e. The minimum Gasteiger partial charge on any atom is -0.494 e. The van der Waals surface area contributed by atoms with Crippen LogP contribution < -0.4 is 19.9 Å². The summed E-state index contributed by atoms with van der Waals surface area (Å²) < 4.78 is 53.4. The Labute approximate surface area is 267 Å². The van der Waals surface area contributed by atoms with Crippen LogP contribution in [0.25, 0.3) is 0 Å². The SMILES string of the molecule is COc1cc(N2CCN(C3CCOCC3)CC2)ccc1Nc1ncc(C(F)(F)F)c(CCc2cccc3c2C(C)(C)C(=O)N3C)n1. The van der Waals surface area contributed by atoms with Crippen molar-refractivity contribution in [3.63, 3.8) is 0 Å². The summed E-state index contributed by atoms with van der Waals surface area (Å²) in [6.45, 7) is 9.09. The average Bonchev–Trinajstić information content (AvgIpc) is 3.24. The third-order valence-electron chi connectivity index (χ3n) is 9.58. The summed E-state index contributed by atoms with van der Waals surface area (Å²) in [5.74, 6) is 0.551. The fraction of sp³-hybridized carbons (Fsp3) is 0.500. The van der Waals surface area contributed by atoms with Crippen molar-refractivity contribution in [3.8, 4) is 5.75 Å². The van der Waals surface area contributed by atoms with Gasteiger partial charge in [-0.2, -0.15) is 13.2 Å². The number of fused-ring (bicyclic) bond motifs is 1. The zero-order chi connectivity index (χ0) is 32.6. The van der Waals surface area contributed by atoms with Crippen molar-refractivity contribution in [2.24, 2.45) is 0 Å². The largest absolute Gasteiger partial charge is 0.494 e. The van der Waals surface area contributed by atoms with Gasteiger partial charge in [0.15, 0.2) is 0 Å². The molecule has 0 saturated carbocycles. The number of nitrogens with one attached hydrogen (secondary N) is 1. The Morgan fingerprint density at radius 1 is 1.07 bits per heavy atom. The predicted molar refractivity (Wildman–Crippen MR) is 171 cm³/mol. The van der Waals surface area contributed by atoms with Gasteiger partial charge in [-0.3, -0.25) is 9.69 Å². The van der Waals surface area contributed by atoms with Gasteiger partial charge in [-0.25, -0.2) is 9.97 Å². The number of ether oxygens (including phenoxy) is 2. The number of nitrogens with zero attached hydrogens (tertiary/aromatic N) is 5. The molecule has 3 aromatic rings. The van der Waals surface area contributed by atoms with Gasteiger partial charge in [0, 0.05) is 76.1 Å². The van der Waals surface area contributed by atoms with Crippen molar-refractivity contribution in [2.45, 2.75) is 57.2 Å². The van der Waals surface area contributed by atoms with Gasteiger partial charge in [0.25, 0.3) is 0 Å². The fourth-order valence-electron chi connectivity index (χ4n) is 7.09. The van der Waals surface area contributed by atoms with Gasteiger partial charge in [-0.1, -0.05) is 12.1 Å². The molecule has 3 aliphatic rings. The van der Waals surface area contributed by atoms with Crippen LogP contribution >= 0.6 is 0 Å². The van der Waals surface area contributed by atoms with Crippen LogP contribution in [-0.4, -0.2) is 80.4 Å². The average molecular weight is 639 g/mol. The molecule has 1 aromatic heterocycles. The molecular formula is C34H41F3N6O3. The summed E-state index contributed by atoms with van der Waals surface area (Å²) in [5, 5.41) is 3.08. The maximum absolute atomic E-state index is 14.1. The normalized spacial score (nSPS) is 19.0. The quantitative estimate of drug-likeness (QED) is 0.342. The maximum atomic E-state index is 14.1. The standard InChI is InChI=1S/C34H41F3N6O3/c1-33(2)30-22(6-5-7-28(30)41(3)31(33)44)8-10-26-25(34(35,36)37)21-38-32(39-26)40-27-11-9-24(20-29(27)45-4)43-16-14-42(15-17-43)23-12-18-46-19-13-23/h5-7,9,11,20-21,23H,8,10,12-19H2,1-4H3,(H,38,39,40). The van der Waals surface area contributed by atoms with E-state index < -0.39 is 17.2 Å². The lowest BCUT2D eigenvalue weighted by molar-refractivity contribution is -0.138. The second kappa shape index (κ2) is 12.7. The van der Waals surface area contributed by atoms with Crippen LogP contribution in [0.2, 0.25) is 0 Å². The number of amides is 1. The van der Waals surface area contributed by atoms with Crippen molar-refractivity contribution in [1.82, 2.24) is 14.9 Å². The summed E-state index contributed by atoms with van der Waals surface area (Å²) in [7, 11) is 3.29. The Kier molecular flexibility index (Phi) is 8.86. The van der Waals surface area contributed by atoms with Crippen LogP contribution in [0, 0.1) is 0 Å². The predicted octanol–water partition coefficient (Wildman–Crippen LogP) is 5.59. The van der Waals surface area contributed by atoms with Gasteiger partial charge in [-0.15, -0.1) is 0 Å². The minimum atomic E-state index is -4.62. The number of aryl methyl sites for hydroxylation is 2. The van der Waals surface area contributed by atoms with E-state index >= 15 is 0 Å². The highest BCUT2D eigenvalue weighted by Crippen LogP contribution is 2.43. The molecule has 4 heterocycles. The highest BCUT2D eigenvalue weighted by atomic mass is 19.4. The molecule has 12 heteroatoms. The number of anilines is 4. The molecule has 6 rings (SSSR count). The fourth-order valence-corrected chi connectivity index (χ4v) is 7.09. The zero-order valence-electron chi connectivity index (χ0n) is 26.8. The molecule has 0 radical (unpaired) electrons. The molecule has 1 amide bonds. The first-order valence-corrected chi connectivity index (χ1v) is 15.8. The molecule has 0 bridgehead atoms. The van der Waals surface area contributed by atoms with Gasteiger partial charge in [0.2, 0.25) is 11.9 Å². The Morgan fingerprint density at radius 2 is 1.80 bits per heavy atom. The third kappa shape index (κ3) is 6.24. The smallest absolute Gasteiger partial charge is 0.419 e. The van der Waals surface area contributed by atoms with Gasteiger partial charge in [0.1, 0.15) is 5.75 Å². The molecule has 46 heavy (non-hydrogen) atoms. The van der Waals surface area contributed by atoms with Crippen molar-refractivity contribution in [3.05, 3.63) is 65.0 Å². The van der Waals surface area contributed by atoms with Gasteiger partial charge < -0.3 is 24.6 Å². The summed E-state index contributed by atoms with van der Waals surface area (Å²) in [6, 6.07) is 11.9. The summed E-state index contributed by atoms with van der Waals surface area (Å²) in [4.78, 5) is 27.7. The third-order valence-corrected chi connectivity index (χ3v) is 9.58. The Bertz CT molecular complexity index is 1580. The van der Waals surface area contributed by atoms with Gasteiger partial charge >= 0.3 is 6.18 Å². The zero-order valence-corrected chi connectivity index (χ0v) is 26.8. The van der Waals surface area contributed by atoms with E-state index in [0.29, 0.717) is 17.5 Å². The number of likely N-dealkylation sites (N-methyl/N-ethyl adjacent to an activating group) is 1. The lowest BCUT2D eigenvalue weighted by Crippen LogP contribution is -2.51. The van der Waals surface area contributed by atoms with Crippen molar-refractivity contribution in [2.75, 3.05) is 68.7 Å². The van der Waals surface area contributed by atoms with Crippen LogP contribution in [0.3, 0.4) is 0 Å². The highest BCUT2D eigenvalue weighted by molar-refractivity contribution is 6.07. The monoisotopic (exact) mass is 638 g/mol. The first-order valence-electron chi connectivity index (χ1n) is 15.8. The number of hydrogen-bond acceptors (Lipinski definition) is 8. The number of alkyl halides is 3. The lowest BCUT2D eigenvalue weighted by Gasteiger charge is -2.41. The Hall–Kier alpha value is -3.90. The van der Waals surface area contributed by atoms with Crippen molar-refractivity contribution in [1.29, 1.82) is 0 Å². The summed E-state index contributed by atoms with van der Waals surface area (Å²) in [5.41, 5.74) is 2.27. The van der Waals surface area contributed by atoms with Crippen LogP contribution in [0.5, 0.6) is 5.75 Å². The number of piperazine rings is 1. The van der Waals surface area contributed by atoms with E-state index in [1.165, 1.54) is 0 Å². The first-order chi connectivity index (χ1) is 22.0. The van der Waals surface area contributed by atoms with E-state index in [1.54, 1.807) is 19.1 Å². The lowest BCUT2D eigenvalue weighted by atomic mass is 9.82. The highest BCUT2D eigenvalue weighted by Gasteiger charge is 2.43.